The maximum Gasteiger partial charge on any atom is 0.231 e. The number of aliphatic hydroxyl groups excluding tert-OH is 2. The summed E-state index contributed by atoms with van der Waals surface area (Å²) in [5.41, 5.74) is 3.48. The van der Waals surface area contributed by atoms with Crippen molar-refractivity contribution in [1.82, 2.24) is 0 Å². The average molecular weight is 766 g/mol. The Kier molecular flexibility index (Phi) is 12.9. The van der Waals surface area contributed by atoms with Gasteiger partial charge in [-0.3, -0.25) is 0 Å². The molecule has 1 heterocycles. The molecule has 2 aliphatic carbocycles. The number of oxime groups is 1. The maximum atomic E-state index is 14.6. The minimum atomic E-state index is -1.10. The summed E-state index contributed by atoms with van der Waals surface area (Å²) in [6, 6.07) is 27.6. The molecule has 1 fully saturated rings. The van der Waals surface area contributed by atoms with Crippen LogP contribution < -0.4 is 9.47 Å². The Hall–Kier alpha value is -4.15. The Labute approximate surface area is 328 Å². The lowest BCUT2D eigenvalue weighted by Gasteiger charge is -2.58. The minimum Gasteiger partial charge on any atom is -0.489 e. The van der Waals surface area contributed by atoms with Crippen molar-refractivity contribution in [2.45, 2.75) is 80.3 Å². The molecule has 7 nitrogen and oxygen atoms in total. The molecule has 6 atom stereocenters. The summed E-state index contributed by atoms with van der Waals surface area (Å²) in [5, 5.41) is 26.6. The molecule has 6 unspecified atom stereocenters. The van der Waals surface area contributed by atoms with Crippen LogP contribution in [0.5, 0.6) is 11.5 Å². The van der Waals surface area contributed by atoms with Crippen LogP contribution in [0.15, 0.2) is 119 Å². The molecule has 9 heteroatoms. The fourth-order valence-corrected chi connectivity index (χ4v) is 10.2. The molecule has 7 rings (SSSR count). The van der Waals surface area contributed by atoms with Gasteiger partial charge in [-0.2, -0.15) is 0 Å². The van der Waals surface area contributed by atoms with Gasteiger partial charge in [0.1, 0.15) is 30.5 Å². The Balaban J connectivity index is 1.39. The molecular weight excluding hydrogens is 714 g/mol. The zero-order valence-corrected chi connectivity index (χ0v) is 32.4. The molecule has 4 aromatic carbocycles. The third-order valence-corrected chi connectivity index (χ3v) is 12.6. The van der Waals surface area contributed by atoms with Crippen LogP contribution in [0.2, 0.25) is 0 Å². The van der Waals surface area contributed by atoms with Gasteiger partial charge in [-0.1, -0.05) is 78.7 Å². The van der Waals surface area contributed by atoms with E-state index < -0.39 is 5.79 Å². The van der Waals surface area contributed by atoms with Crippen LogP contribution in [0, 0.1) is 23.6 Å². The highest BCUT2D eigenvalue weighted by atomic mass is 32.2. The monoisotopic (exact) mass is 765 g/mol. The highest BCUT2D eigenvalue weighted by molar-refractivity contribution is 8.00. The first-order valence-corrected chi connectivity index (χ1v) is 20.6. The number of aliphatic hydroxyl groups is 2. The van der Waals surface area contributed by atoms with Gasteiger partial charge < -0.3 is 29.3 Å². The van der Waals surface area contributed by atoms with Gasteiger partial charge in [0.15, 0.2) is 0 Å². The van der Waals surface area contributed by atoms with Gasteiger partial charge >= 0.3 is 0 Å². The number of halogens is 1. The topological polar surface area (TPSA) is 89.7 Å². The summed E-state index contributed by atoms with van der Waals surface area (Å²) in [6.45, 7) is 7.09. The van der Waals surface area contributed by atoms with Crippen molar-refractivity contribution in [1.29, 1.82) is 0 Å². The molecule has 0 bridgehead atoms. The number of hydrogen-bond acceptors (Lipinski definition) is 8. The van der Waals surface area contributed by atoms with Gasteiger partial charge in [-0.25, -0.2) is 4.39 Å². The number of benzene rings is 4. The lowest BCUT2D eigenvalue weighted by atomic mass is 9.56. The lowest BCUT2D eigenvalue weighted by molar-refractivity contribution is -0.223. The normalized spacial score (nSPS) is 24.8. The summed E-state index contributed by atoms with van der Waals surface area (Å²) in [7, 11) is 0. The van der Waals surface area contributed by atoms with Crippen molar-refractivity contribution in [3.8, 4) is 11.5 Å². The summed E-state index contributed by atoms with van der Waals surface area (Å²) >= 11 is 1.75. The Morgan fingerprint density at radius 1 is 0.945 bits per heavy atom. The highest BCUT2D eigenvalue weighted by Crippen LogP contribution is 2.63. The third-order valence-electron chi connectivity index (χ3n) is 11.3. The molecule has 4 aromatic rings. The van der Waals surface area contributed by atoms with Gasteiger partial charge in [-0.05, 0) is 97.2 Å². The second-order valence-corrected chi connectivity index (χ2v) is 15.9. The first kappa shape index (κ1) is 39.1. The van der Waals surface area contributed by atoms with Crippen molar-refractivity contribution in [2.24, 2.45) is 22.9 Å². The van der Waals surface area contributed by atoms with Crippen molar-refractivity contribution in [3.63, 3.8) is 0 Å². The van der Waals surface area contributed by atoms with E-state index in [-0.39, 0.29) is 61.2 Å². The number of fused-ring (bicyclic) bond motifs is 3. The highest BCUT2D eigenvalue weighted by Gasteiger charge is 2.64. The fourth-order valence-electron chi connectivity index (χ4n) is 8.84. The fraction of sp³-hybridized carbons (Fsp3) is 0.413. The summed E-state index contributed by atoms with van der Waals surface area (Å²) in [6.07, 6.45) is 9.69. The first-order chi connectivity index (χ1) is 27.0. The van der Waals surface area contributed by atoms with Crippen LogP contribution >= 0.6 is 11.8 Å². The van der Waals surface area contributed by atoms with E-state index in [4.69, 9.17) is 24.2 Å². The van der Waals surface area contributed by atoms with E-state index in [1.165, 1.54) is 11.5 Å². The molecule has 0 saturated heterocycles. The number of nitrogens with zero attached hydrogens (tertiary/aromatic N) is 1. The zero-order valence-electron chi connectivity index (χ0n) is 31.6. The van der Waals surface area contributed by atoms with Crippen LogP contribution in [-0.4, -0.2) is 53.4 Å². The molecule has 0 amide bonds. The molecule has 290 valence electrons. The smallest absolute Gasteiger partial charge is 0.231 e. The quantitative estimate of drug-likeness (QED) is 0.0592. The summed E-state index contributed by atoms with van der Waals surface area (Å²) in [5.74, 6) is -0.0372. The SMILES string of the molecule is C=CCOC12Oc3ccc(OCc4ccccc4F)cc3C3C(CCCCO)C(CCCCO)C=C(C(=NOCC)CC1Sc1ccc4ccccc4c1)C32. The molecule has 3 aliphatic rings. The maximum absolute atomic E-state index is 14.6. The molecule has 1 saturated carbocycles. The summed E-state index contributed by atoms with van der Waals surface area (Å²) in [4.78, 5) is 6.96. The molecule has 0 radical (unpaired) electrons. The van der Waals surface area contributed by atoms with E-state index in [1.54, 1.807) is 30.0 Å². The van der Waals surface area contributed by atoms with Gasteiger partial charge in [0.2, 0.25) is 5.79 Å². The predicted molar refractivity (Wildman–Crippen MR) is 217 cm³/mol. The van der Waals surface area contributed by atoms with Crippen LogP contribution in [-0.2, 0) is 16.2 Å². The lowest BCUT2D eigenvalue weighted by Crippen LogP contribution is -2.64. The largest absolute Gasteiger partial charge is 0.489 e. The van der Waals surface area contributed by atoms with E-state index in [2.05, 4.69) is 61.2 Å². The molecule has 0 aromatic heterocycles. The van der Waals surface area contributed by atoms with Crippen LogP contribution in [0.3, 0.4) is 0 Å². The Morgan fingerprint density at radius 3 is 2.51 bits per heavy atom. The van der Waals surface area contributed by atoms with E-state index in [0.29, 0.717) is 30.8 Å². The second kappa shape index (κ2) is 18.2. The van der Waals surface area contributed by atoms with E-state index in [1.807, 2.05) is 25.1 Å². The number of allylic oxidation sites excluding steroid dienone is 1. The van der Waals surface area contributed by atoms with Crippen LogP contribution in [0.25, 0.3) is 10.8 Å². The van der Waals surface area contributed by atoms with Crippen molar-refractivity contribution in [3.05, 3.63) is 126 Å². The van der Waals surface area contributed by atoms with Crippen molar-refractivity contribution >= 4 is 28.2 Å². The standard InChI is InChI=1S/C46H52FNO6S/c1-3-25-52-46-43(55-36-21-19-31-13-5-6-14-32(31)26-36)29-41(48-53-4-2)38-27-33(15-9-11-23-49)37(17-10-12-24-50)44(45(38)46)39-28-35(20-22-42(39)54-46)51-30-34-16-7-8-18-40(34)47/h3,5-8,13-14,16,18-22,26-28,33,37,43-45,49-50H,1,4,9-12,15,17,23-25,29-30H2,2H3. The number of thioether (sulfide) groups is 1. The molecule has 0 spiro atoms. The van der Waals surface area contributed by atoms with Gasteiger partial charge in [0.25, 0.3) is 0 Å². The second-order valence-electron chi connectivity index (χ2n) is 14.7. The van der Waals surface area contributed by atoms with Gasteiger partial charge in [-0.15, -0.1) is 18.3 Å². The van der Waals surface area contributed by atoms with E-state index >= 15 is 0 Å². The molecule has 2 N–H and O–H groups in total. The van der Waals surface area contributed by atoms with E-state index in [0.717, 1.165) is 65.0 Å². The number of ether oxygens (including phenoxy) is 3. The Bertz CT molecular complexity index is 2000. The van der Waals surface area contributed by atoms with Crippen LogP contribution in [0.4, 0.5) is 4.39 Å². The molecular formula is C46H52FNO6S. The molecule has 1 aliphatic heterocycles. The third kappa shape index (κ3) is 8.36. The predicted octanol–water partition coefficient (Wildman–Crippen LogP) is 10.0. The van der Waals surface area contributed by atoms with Crippen molar-refractivity contribution < 1.29 is 33.7 Å². The first-order valence-electron chi connectivity index (χ1n) is 19.7. The minimum absolute atomic E-state index is 0.0739. The van der Waals surface area contributed by atoms with Gasteiger partial charge in [0.05, 0.1) is 23.5 Å². The van der Waals surface area contributed by atoms with Crippen LogP contribution in [0.1, 0.15) is 68.9 Å². The van der Waals surface area contributed by atoms with E-state index in [9.17, 15) is 14.6 Å². The number of unbranched alkanes of at least 4 members (excludes halogenated alkanes) is 2. The number of hydrogen-bond donors (Lipinski definition) is 2. The average Bonchev–Trinajstić information content (AvgIpc) is 3.21. The Morgan fingerprint density at radius 2 is 1.73 bits per heavy atom. The number of rotatable bonds is 18. The van der Waals surface area contributed by atoms with Crippen molar-refractivity contribution in [2.75, 3.05) is 26.4 Å². The van der Waals surface area contributed by atoms with Gasteiger partial charge in [0, 0.05) is 41.6 Å². The summed E-state index contributed by atoms with van der Waals surface area (Å²) < 4.78 is 35.3. The zero-order chi connectivity index (χ0) is 38.2. The molecule has 55 heavy (non-hydrogen) atoms.